The van der Waals surface area contributed by atoms with Gasteiger partial charge in [-0.2, -0.15) is 4.31 Å². The van der Waals surface area contributed by atoms with Crippen molar-refractivity contribution in [3.63, 3.8) is 0 Å². The van der Waals surface area contributed by atoms with Crippen LogP contribution in [0.3, 0.4) is 0 Å². The number of sulfonamides is 1. The molecule has 7 heteroatoms. The quantitative estimate of drug-likeness (QED) is 0.793. The fourth-order valence-electron chi connectivity index (χ4n) is 2.28. The molecule has 1 aliphatic rings. The third-order valence-electron chi connectivity index (χ3n) is 3.50. The average Bonchev–Trinajstić information content (AvgIpc) is 2.47. The van der Waals surface area contributed by atoms with Crippen molar-refractivity contribution in [2.45, 2.75) is 29.7 Å². The van der Waals surface area contributed by atoms with Crippen molar-refractivity contribution in [2.75, 3.05) is 20.2 Å². The van der Waals surface area contributed by atoms with Crippen LogP contribution in [0.4, 0.5) is 0 Å². The molecule has 1 saturated heterocycles. The zero-order valence-corrected chi connectivity index (χ0v) is 13.5. The lowest BCUT2D eigenvalue weighted by molar-refractivity contribution is 0.0604. The van der Waals surface area contributed by atoms with Crippen LogP contribution < -0.4 is 0 Å². The molecule has 0 unspecified atom stereocenters. The standard InChI is InChI=1S/C13H17Cl2NO3S/c1-19-11-4-6-16(7-5-11)20(17,18)13-8-10(9-14)2-3-12(13)15/h2-3,8,11H,4-7,9H2,1H3. The molecule has 0 amide bonds. The SMILES string of the molecule is COC1CCN(S(=O)(=O)c2cc(CCl)ccc2Cl)CC1. The van der Waals surface area contributed by atoms with Crippen molar-refractivity contribution in [2.24, 2.45) is 0 Å². The number of piperidine rings is 1. The van der Waals surface area contributed by atoms with E-state index in [1.165, 1.54) is 4.31 Å². The van der Waals surface area contributed by atoms with E-state index in [-0.39, 0.29) is 21.9 Å². The zero-order chi connectivity index (χ0) is 14.8. The molecule has 0 spiro atoms. The highest BCUT2D eigenvalue weighted by molar-refractivity contribution is 7.89. The van der Waals surface area contributed by atoms with Crippen molar-refractivity contribution >= 4 is 33.2 Å². The van der Waals surface area contributed by atoms with Gasteiger partial charge in [0.2, 0.25) is 10.0 Å². The fourth-order valence-corrected chi connectivity index (χ4v) is 4.44. The Morgan fingerprint density at radius 2 is 2.00 bits per heavy atom. The van der Waals surface area contributed by atoms with Crippen LogP contribution in [0.1, 0.15) is 18.4 Å². The van der Waals surface area contributed by atoms with Crippen molar-refractivity contribution in [1.82, 2.24) is 4.31 Å². The second-order valence-electron chi connectivity index (χ2n) is 4.74. The number of alkyl halides is 1. The molecular formula is C13H17Cl2NO3S. The van der Waals surface area contributed by atoms with Gasteiger partial charge in [0.25, 0.3) is 0 Å². The van der Waals surface area contributed by atoms with Crippen LogP contribution in [-0.4, -0.2) is 39.0 Å². The predicted molar refractivity (Wildman–Crippen MR) is 79.8 cm³/mol. The summed E-state index contributed by atoms with van der Waals surface area (Å²) in [6, 6.07) is 4.85. The van der Waals surface area contributed by atoms with Crippen LogP contribution in [0.5, 0.6) is 0 Å². The van der Waals surface area contributed by atoms with Gasteiger partial charge in [0, 0.05) is 26.1 Å². The smallest absolute Gasteiger partial charge is 0.244 e. The summed E-state index contributed by atoms with van der Waals surface area (Å²) in [6.45, 7) is 0.893. The third-order valence-corrected chi connectivity index (χ3v) is 6.19. The number of nitrogens with zero attached hydrogens (tertiary/aromatic N) is 1. The van der Waals surface area contributed by atoms with Gasteiger partial charge in [-0.05, 0) is 30.5 Å². The predicted octanol–water partition coefficient (Wildman–Crippen LogP) is 2.88. The first-order valence-electron chi connectivity index (χ1n) is 6.36. The number of hydrogen-bond donors (Lipinski definition) is 0. The summed E-state index contributed by atoms with van der Waals surface area (Å²) >= 11 is 11.8. The van der Waals surface area contributed by atoms with Crippen molar-refractivity contribution < 1.29 is 13.2 Å². The van der Waals surface area contributed by atoms with E-state index in [0.717, 1.165) is 5.56 Å². The second kappa shape index (κ2) is 6.62. The van der Waals surface area contributed by atoms with E-state index in [2.05, 4.69) is 0 Å². The number of halogens is 2. The minimum absolute atomic E-state index is 0.131. The Morgan fingerprint density at radius 1 is 1.35 bits per heavy atom. The fraction of sp³-hybridized carbons (Fsp3) is 0.538. The minimum Gasteiger partial charge on any atom is -0.381 e. The summed E-state index contributed by atoms with van der Waals surface area (Å²) in [7, 11) is -1.92. The monoisotopic (exact) mass is 337 g/mol. The molecule has 1 heterocycles. The Hall–Kier alpha value is -0.330. The lowest BCUT2D eigenvalue weighted by Crippen LogP contribution is -2.40. The molecule has 20 heavy (non-hydrogen) atoms. The van der Waals surface area contributed by atoms with Crippen molar-refractivity contribution in [3.05, 3.63) is 28.8 Å². The zero-order valence-electron chi connectivity index (χ0n) is 11.2. The summed E-state index contributed by atoms with van der Waals surface area (Å²) in [5, 5.41) is 0.229. The van der Waals surface area contributed by atoms with Gasteiger partial charge >= 0.3 is 0 Å². The Bertz CT molecular complexity index is 569. The maximum atomic E-state index is 12.6. The van der Waals surface area contributed by atoms with Gasteiger partial charge in [-0.25, -0.2) is 8.42 Å². The summed E-state index contributed by atoms with van der Waals surface area (Å²) in [5.74, 6) is 0.255. The van der Waals surface area contributed by atoms with Gasteiger partial charge in [0.05, 0.1) is 11.1 Å². The van der Waals surface area contributed by atoms with E-state index in [1.807, 2.05) is 0 Å². The van der Waals surface area contributed by atoms with Gasteiger partial charge in [-0.15, -0.1) is 11.6 Å². The van der Waals surface area contributed by atoms with E-state index in [4.69, 9.17) is 27.9 Å². The largest absolute Gasteiger partial charge is 0.381 e. The van der Waals surface area contributed by atoms with Crippen LogP contribution in [0, 0.1) is 0 Å². The first-order chi connectivity index (χ1) is 9.48. The van der Waals surface area contributed by atoms with E-state index in [0.29, 0.717) is 25.9 Å². The Balaban J connectivity index is 2.27. The number of benzene rings is 1. The molecule has 0 saturated carbocycles. The molecule has 1 fully saturated rings. The summed E-state index contributed by atoms with van der Waals surface area (Å²) in [6.07, 6.45) is 1.52. The molecule has 112 valence electrons. The van der Waals surface area contributed by atoms with Gasteiger partial charge < -0.3 is 4.74 Å². The minimum atomic E-state index is -3.57. The molecule has 0 aliphatic carbocycles. The van der Waals surface area contributed by atoms with Crippen molar-refractivity contribution in [1.29, 1.82) is 0 Å². The maximum absolute atomic E-state index is 12.6. The first-order valence-corrected chi connectivity index (χ1v) is 8.71. The Kier molecular flexibility index (Phi) is 5.31. The highest BCUT2D eigenvalue weighted by Crippen LogP contribution is 2.28. The second-order valence-corrected chi connectivity index (χ2v) is 7.32. The van der Waals surface area contributed by atoms with E-state index < -0.39 is 10.0 Å². The Morgan fingerprint density at radius 3 is 2.55 bits per heavy atom. The first kappa shape index (κ1) is 16.0. The highest BCUT2D eigenvalue weighted by Gasteiger charge is 2.30. The van der Waals surface area contributed by atoms with Crippen molar-refractivity contribution in [3.8, 4) is 0 Å². The number of rotatable bonds is 4. The number of ether oxygens (including phenoxy) is 1. The highest BCUT2D eigenvalue weighted by atomic mass is 35.5. The van der Waals surface area contributed by atoms with E-state index in [9.17, 15) is 8.42 Å². The summed E-state index contributed by atoms with van der Waals surface area (Å²) in [4.78, 5) is 0.133. The molecule has 1 aliphatic heterocycles. The molecular weight excluding hydrogens is 321 g/mol. The van der Waals surface area contributed by atoms with Crippen LogP contribution in [-0.2, 0) is 20.6 Å². The topological polar surface area (TPSA) is 46.6 Å². The molecule has 0 N–H and O–H groups in total. The lowest BCUT2D eigenvalue weighted by atomic mass is 10.1. The van der Waals surface area contributed by atoms with Crippen LogP contribution in [0.15, 0.2) is 23.1 Å². The normalized spacial score (nSPS) is 18.4. The molecule has 0 aromatic heterocycles. The molecule has 0 bridgehead atoms. The number of methoxy groups -OCH3 is 1. The van der Waals surface area contributed by atoms with E-state index >= 15 is 0 Å². The van der Waals surface area contributed by atoms with Gasteiger partial charge in [-0.1, -0.05) is 17.7 Å². The molecule has 1 aromatic carbocycles. The third kappa shape index (κ3) is 3.28. The Labute approximate surface area is 129 Å². The lowest BCUT2D eigenvalue weighted by Gasteiger charge is -2.30. The molecule has 4 nitrogen and oxygen atoms in total. The molecule has 0 radical (unpaired) electrons. The van der Waals surface area contributed by atoms with Crippen LogP contribution >= 0.6 is 23.2 Å². The van der Waals surface area contributed by atoms with E-state index in [1.54, 1.807) is 25.3 Å². The van der Waals surface area contributed by atoms with Crippen LogP contribution in [0.25, 0.3) is 0 Å². The van der Waals surface area contributed by atoms with Gasteiger partial charge in [0.1, 0.15) is 4.90 Å². The maximum Gasteiger partial charge on any atom is 0.244 e. The molecule has 0 atom stereocenters. The summed E-state index contributed by atoms with van der Waals surface area (Å²) in [5.41, 5.74) is 0.737. The van der Waals surface area contributed by atoms with Crippen LogP contribution in [0.2, 0.25) is 5.02 Å². The van der Waals surface area contributed by atoms with Gasteiger partial charge in [-0.3, -0.25) is 0 Å². The number of hydrogen-bond acceptors (Lipinski definition) is 3. The summed E-state index contributed by atoms with van der Waals surface area (Å²) < 4.78 is 32.0. The molecule has 1 aromatic rings. The van der Waals surface area contributed by atoms with Gasteiger partial charge in [0.15, 0.2) is 0 Å². The molecule has 2 rings (SSSR count). The average molecular weight is 338 g/mol.